The van der Waals surface area contributed by atoms with Crippen molar-refractivity contribution in [1.82, 2.24) is 5.32 Å². The highest BCUT2D eigenvalue weighted by molar-refractivity contribution is 5.89. The normalized spacial score (nSPS) is 11.5. The number of nitrogens with one attached hydrogen (secondary N) is 1. The van der Waals surface area contributed by atoms with E-state index >= 15 is 0 Å². The monoisotopic (exact) mass is 312 g/mol. The Morgan fingerprint density at radius 3 is 2.30 bits per heavy atom. The van der Waals surface area contributed by atoms with Crippen LogP contribution in [0.2, 0.25) is 0 Å². The van der Waals surface area contributed by atoms with Crippen LogP contribution in [0, 0.1) is 0 Å². The van der Waals surface area contributed by atoms with Crippen LogP contribution in [0.5, 0.6) is 0 Å². The SMILES string of the molecule is COC(=O)NC(Cc1ccccc1)C(=O)Cc1ccc(N)cc1. The summed E-state index contributed by atoms with van der Waals surface area (Å²) in [5.41, 5.74) is 8.12. The zero-order valence-corrected chi connectivity index (χ0v) is 13.0. The van der Waals surface area contributed by atoms with E-state index in [4.69, 9.17) is 5.73 Å². The number of hydrogen-bond acceptors (Lipinski definition) is 4. The molecule has 1 atom stereocenters. The first-order valence-corrected chi connectivity index (χ1v) is 7.34. The van der Waals surface area contributed by atoms with E-state index < -0.39 is 12.1 Å². The lowest BCUT2D eigenvalue weighted by Crippen LogP contribution is -2.43. The Bertz CT molecular complexity index is 654. The molecule has 0 fully saturated rings. The molecule has 0 aliphatic carbocycles. The Morgan fingerprint density at radius 2 is 1.70 bits per heavy atom. The summed E-state index contributed by atoms with van der Waals surface area (Å²) in [7, 11) is 1.28. The third kappa shape index (κ3) is 5.14. The number of carbonyl (C=O) groups is 2. The van der Waals surface area contributed by atoms with Gasteiger partial charge in [-0.3, -0.25) is 4.79 Å². The van der Waals surface area contributed by atoms with Crippen molar-refractivity contribution in [2.75, 3.05) is 12.8 Å². The first-order chi connectivity index (χ1) is 11.1. The minimum Gasteiger partial charge on any atom is -0.453 e. The van der Waals surface area contributed by atoms with E-state index in [0.29, 0.717) is 12.1 Å². The van der Waals surface area contributed by atoms with E-state index in [0.717, 1.165) is 11.1 Å². The highest BCUT2D eigenvalue weighted by atomic mass is 16.5. The molecule has 2 aromatic carbocycles. The predicted molar refractivity (Wildman–Crippen MR) is 89.0 cm³/mol. The summed E-state index contributed by atoms with van der Waals surface area (Å²) in [5.74, 6) is -0.0796. The third-order valence-corrected chi connectivity index (χ3v) is 3.51. The number of alkyl carbamates (subject to hydrolysis) is 1. The Hall–Kier alpha value is -2.82. The highest BCUT2D eigenvalue weighted by Crippen LogP contribution is 2.10. The average Bonchev–Trinajstić information content (AvgIpc) is 2.57. The molecule has 5 heteroatoms. The lowest BCUT2D eigenvalue weighted by Gasteiger charge is -2.17. The molecule has 0 aliphatic rings. The van der Waals surface area contributed by atoms with Gasteiger partial charge in [-0.2, -0.15) is 0 Å². The number of Topliss-reactive ketones (excluding diaryl/α,β-unsaturated/α-hetero) is 1. The molecule has 5 nitrogen and oxygen atoms in total. The van der Waals surface area contributed by atoms with Crippen LogP contribution >= 0.6 is 0 Å². The number of hydrogen-bond donors (Lipinski definition) is 2. The molecular weight excluding hydrogens is 292 g/mol. The smallest absolute Gasteiger partial charge is 0.407 e. The van der Waals surface area contributed by atoms with Crippen molar-refractivity contribution in [3.8, 4) is 0 Å². The number of rotatable bonds is 6. The number of ether oxygens (including phenoxy) is 1. The number of nitrogen functional groups attached to an aromatic ring is 1. The molecule has 0 heterocycles. The van der Waals surface area contributed by atoms with Crippen LogP contribution in [-0.2, 0) is 22.4 Å². The Morgan fingerprint density at radius 1 is 1.04 bits per heavy atom. The molecule has 2 rings (SSSR count). The van der Waals surface area contributed by atoms with Gasteiger partial charge in [0.05, 0.1) is 13.2 Å². The second-order valence-corrected chi connectivity index (χ2v) is 5.26. The average molecular weight is 312 g/mol. The van der Waals surface area contributed by atoms with Crippen molar-refractivity contribution >= 4 is 17.6 Å². The fourth-order valence-electron chi connectivity index (χ4n) is 2.26. The summed E-state index contributed by atoms with van der Waals surface area (Å²) < 4.78 is 4.62. The standard InChI is InChI=1S/C18H20N2O3/c1-23-18(22)20-16(11-13-5-3-2-4-6-13)17(21)12-14-7-9-15(19)10-8-14/h2-10,16H,11-12,19H2,1H3,(H,20,22). The van der Waals surface area contributed by atoms with Crippen molar-refractivity contribution in [2.24, 2.45) is 0 Å². The summed E-state index contributed by atoms with van der Waals surface area (Å²) >= 11 is 0. The van der Waals surface area contributed by atoms with Crippen LogP contribution in [0.4, 0.5) is 10.5 Å². The van der Waals surface area contributed by atoms with Crippen molar-refractivity contribution in [3.63, 3.8) is 0 Å². The van der Waals surface area contributed by atoms with Gasteiger partial charge in [0.25, 0.3) is 0 Å². The molecule has 0 saturated carbocycles. The number of ketones is 1. The van der Waals surface area contributed by atoms with Gasteiger partial charge in [0, 0.05) is 12.1 Å². The topological polar surface area (TPSA) is 81.4 Å². The zero-order chi connectivity index (χ0) is 16.7. The number of methoxy groups -OCH3 is 1. The fourth-order valence-corrected chi connectivity index (χ4v) is 2.26. The van der Waals surface area contributed by atoms with Gasteiger partial charge in [-0.15, -0.1) is 0 Å². The summed E-state index contributed by atoms with van der Waals surface area (Å²) in [6.07, 6.45) is 0.0301. The van der Waals surface area contributed by atoms with E-state index in [1.807, 2.05) is 42.5 Å². The molecule has 23 heavy (non-hydrogen) atoms. The molecule has 2 aromatic rings. The molecule has 0 aliphatic heterocycles. The summed E-state index contributed by atoms with van der Waals surface area (Å²) in [6.45, 7) is 0. The van der Waals surface area contributed by atoms with Gasteiger partial charge in [0.1, 0.15) is 0 Å². The molecule has 1 unspecified atom stereocenters. The summed E-state index contributed by atoms with van der Waals surface area (Å²) in [5, 5.41) is 2.61. The van der Waals surface area contributed by atoms with Gasteiger partial charge < -0.3 is 15.8 Å². The lowest BCUT2D eigenvalue weighted by atomic mass is 9.98. The van der Waals surface area contributed by atoms with Crippen molar-refractivity contribution in [2.45, 2.75) is 18.9 Å². The van der Waals surface area contributed by atoms with Gasteiger partial charge in [-0.25, -0.2) is 4.79 Å². The van der Waals surface area contributed by atoms with Crippen LogP contribution in [0.3, 0.4) is 0 Å². The number of amides is 1. The largest absolute Gasteiger partial charge is 0.453 e. The second-order valence-electron chi connectivity index (χ2n) is 5.26. The quantitative estimate of drug-likeness (QED) is 0.802. The number of benzene rings is 2. The second kappa shape index (κ2) is 7.98. The van der Waals surface area contributed by atoms with Gasteiger partial charge in [-0.05, 0) is 29.7 Å². The molecule has 3 N–H and O–H groups in total. The molecule has 0 aromatic heterocycles. The molecule has 1 amide bonds. The van der Waals surface area contributed by atoms with Gasteiger partial charge in [0.2, 0.25) is 0 Å². The summed E-state index contributed by atoms with van der Waals surface area (Å²) in [4.78, 5) is 24.1. The number of anilines is 1. The predicted octanol–water partition coefficient (Wildman–Crippen LogP) is 2.35. The highest BCUT2D eigenvalue weighted by Gasteiger charge is 2.21. The maximum atomic E-state index is 12.6. The molecule has 0 radical (unpaired) electrons. The third-order valence-electron chi connectivity index (χ3n) is 3.51. The Kier molecular flexibility index (Phi) is 5.74. The minimum absolute atomic E-state index is 0.0796. The fraction of sp³-hybridized carbons (Fsp3) is 0.222. The molecule has 0 bridgehead atoms. The maximum absolute atomic E-state index is 12.6. The maximum Gasteiger partial charge on any atom is 0.407 e. The van der Waals surface area contributed by atoms with Crippen LogP contribution in [0.25, 0.3) is 0 Å². The Balaban J connectivity index is 2.10. The molecule has 0 spiro atoms. The van der Waals surface area contributed by atoms with E-state index in [1.54, 1.807) is 12.1 Å². The first-order valence-electron chi connectivity index (χ1n) is 7.34. The molecule has 0 saturated heterocycles. The number of nitrogens with two attached hydrogens (primary N) is 1. The molecular formula is C18H20N2O3. The van der Waals surface area contributed by atoms with Gasteiger partial charge >= 0.3 is 6.09 Å². The minimum atomic E-state index is -0.637. The van der Waals surface area contributed by atoms with Crippen molar-refractivity contribution in [3.05, 3.63) is 65.7 Å². The van der Waals surface area contributed by atoms with E-state index in [1.165, 1.54) is 7.11 Å². The number of carbonyl (C=O) groups excluding carboxylic acids is 2. The van der Waals surface area contributed by atoms with Crippen molar-refractivity contribution in [1.29, 1.82) is 0 Å². The van der Waals surface area contributed by atoms with E-state index in [2.05, 4.69) is 10.1 Å². The van der Waals surface area contributed by atoms with Crippen LogP contribution in [0.15, 0.2) is 54.6 Å². The van der Waals surface area contributed by atoms with Crippen LogP contribution in [-0.4, -0.2) is 25.0 Å². The lowest BCUT2D eigenvalue weighted by molar-refractivity contribution is -0.120. The zero-order valence-electron chi connectivity index (χ0n) is 13.0. The molecule has 120 valence electrons. The van der Waals surface area contributed by atoms with Gasteiger partial charge in [-0.1, -0.05) is 42.5 Å². The van der Waals surface area contributed by atoms with Crippen LogP contribution < -0.4 is 11.1 Å². The first kappa shape index (κ1) is 16.5. The van der Waals surface area contributed by atoms with E-state index in [9.17, 15) is 9.59 Å². The Labute approximate surface area is 135 Å². The summed E-state index contributed by atoms with van der Waals surface area (Å²) in [6, 6.07) is 16.0. The van der Waals surface area contributed by atoms with Crippen molar-refractivity contribution < 1.29 is 14.3 Å². The van der Waals surface area contributed by atoms with Crippen LogP contribution in [0.1, 0.15) is 11.1 Å². The van der Waals surface area contributed by atoms with E-state index in [-0.39, 0.29) is 12.2 Å². The van der Waals surface area contributed by atoms with Gasteiger partial charge in [0.15, 0.2) is 5.78 Å².